The minimum Gasteiger partial charge on any atom is -0.399 e. The number of sulfonamides is 1. The fourth-order valence-electron chi connectivity index (χ4n) is 1.97. The molecule has 0 aliphatic heterocycles. The van der Waals surface area contributed by atoms with E-state index in [4.69, 9.17) is 5.73 Å². The van der Waals surface area contributed by atoms with Crippen molar-refractivity contribution in [2.24, 2.45) is 0 Å². The Bertz CT molecular complexity index is 836. The monoisotopic (exact) mass is 291 g/mol. The molecule has 3 aromatic rings. The fraction of sp³-hybridized carbons (Fsp3) is 0.0833. The summed E-state index contributed by atoms with van der Waals surface area (Å²) in [4.78, 5) is 3.10. The van der Waals surface area contributed by atoms with Crippen molar-refractivity contribution in [1.29, 1.82) is 0 Å². The first-order chi connectivity index (χ1) is 9.56. The van der Waals surface area contributed by atoms with E-state index < -0.39 is 10.0 Å². The third kappa shape index (κ3) is 2.26. The molecule has 2 aromatic heterocycles. The van der Waals surface area contributed by atoms with E-state index in [-0.39, 0.29) is 11.4 Å². The molecule has 0 amide bonds. The predicted molar refractivity (Wildman–Crippen MR) is 75.3 cm³/mol. The fourth-order valence-corrected chi connectivity index (χ4v) is 3.14. The number of aromatic nitrogens is 3. The molecule has 0 fully saturated rings. The van der Waals surface area contributed by atoms with Crippen molar-refractivity contribution in [3.05, 3.63) is 42.4 Å². The number of nitrogens with two attached hydrogens (primary N) is 1. The van der Waals surface area contributed by atoms with Crippen LogP contribution in [-0.2, 0) is 16.6 Å². The number of rotatable bonds is 4. The van der Waals surface area contributed by atoms with Gasteiger partial charge in [-0.15, -0.1) is 0 Å². The van der Waals surface area contributed by atoms with Crippen molar-refractivity contribution in [1.82, 2.24) is 19.9 Å². The van der Waals surface area contributed by atoms with E-state index >= 15 is 0 Å². The molecule has 5 N–H and O–H groups in total. The average Bonchev–Trinajstić information content (AvgIpc) is 3.05. The van der Waals surface area contributed by atoms with Crippen LogP contribution in [0.5, 0.6) is 0 Å². The van der Waals surface area contributed by atoms with Gasteiger partial charge in [-0.05, 0) is 24.3 Å². The van der Waals surface area contributed by atoms with E-state index in [1.165, 1.54) is 6.20 Å². The van der Waals surface area contributed by atoms with Gasteiger partial charge >= 0.3 is 0 Å². The van der Waals surface area contributed by atoms with E-state index in [2.05, 4.69) is 19.9 Å². The quantitative estimate of drug-likeness (QED) is 0.535. The molecule has 7 nitrogen and oxygen atoms in total. The summed E-state index contributed by atoms with van der Waals surface area (Å²) in [5.41, 5.74) is 7.63. The number of anilines is 1. The van der Waals surface area contributed by atoms with E-state index in [1.807, 2.05) is 0 Å². The number of hydrogen-bond donors (Lipinski definition) is 4. The van der Waals surface area contributed by atoms with Crippen LogP contribution in [0.4, 0.5) is 5.69 Å². The van der Waals surface area contributed by atoms with Crippen LogP contribution in [-0.4, -0.2) is 23.6 Å². The van der Waals surface area contributed by atoms with Crippen LogP contribution in [0.1, 0.15) is 5.69 Å². The lowest BCUT2D eigenvalue weighted by Crippen LogP contribution is -2.23. The van der Waals surface area contributed by atoms with Gasteiger partial charge in [0.1, 0.15) is 4.90 Å². The summed E-state index contributed by atoms with van der Waals surface area (Å²) in [5, 5.41) is 7.03. The number of fused-ring (bicyclic) bond motifs is 1. The third-order valence-corrected chi connectivity index (χ3v) is 4.41. The van der Waals surface area contributed by atoms with Crippen molar-refractivity contribution >= 4 is 26.6 Å². The third-order valence-electron chi connectivity index (χ3n) is 2.97. The largest absolute Gasteiger partial charge is 0.399 e. The molecule has 0 bridgehead atoms. The first-order valence-corrected chi connectivity index (χ1v) is 7.39. The molecule has 0 aliphatic carbocycles. The summed E-state index contributed by atoms with van der Waals surface area (Å²) >= 11 is 0. The van der Waals surface area contributed by atoms with Gasteiger partial charge in [0.2, 0.25) is 10.0 Å². The highest BCUT2D eigenvalue weighted by molar-refractivity contribution is 7.89. The number of nitrogen functional groups attached to an aromatic ring is 1. The molecule has 0 unspecified atom stereocenters. The maximum atomic E-state index is 12.3. The van der Waals surface area contributed by atoms with Crippen LogP contribution in [0, 0.1) is 0 Å². The lowest BCUT2D eigenvalue weighted by atomic mass is 10.2. The van der Waals surface area contributed by atoms with E-state index in [9.17, 15) is 8.42 Å². The van der Waals surface area contributed by atoms with E-state index in [1.54, 1.807) is 30.5 Å². The molecule has 0 radical (unpaired) electrons. The Morgan fingerprint density at radius 1 is 1.30 bits per heavy atom. The second kappa shape index (κ2) is 4.66. The van der Waals surface area contributed by atoms with Crippen LogP contribution in [0.25, 0.3) is 10.9 Å². The van der Waals surface area contributed by atoms with Gasteiger partial charge < -0.3 is 10.7 Å². The van der Waals surface area contributed by atoms with Crippen molar-refractivity contribution in [2.45, 2.75) is 11.4 Å². The molecule has 104 valence electrons. The summed E-state index contributed by atoms with van der Waals surface area (Å²) < 4.78 is 27.1. The van der Waals surface area contributed by atoms with Crippen molar-refractivity contribution < 1.29 is 8.42 Å². The second-order valence-corrected chi connectivity index (χ2v) is 6.10. The predicted octanol–water partition coefficient (Wildman–Crippen LogP) is 0.952. The average molecular weight is 291 g/mol. The van der Waals surface area contributed by atoms with Crippen LogP contribution < -0.4 is 10.5 Å². The van der Waals surface area contributed by atoms with Crippen molar-refractivity contribution in [3.8, 4) is 0 Å². The normalized spacial score (nSPS) is 12.0. The Balaban J connectivity index is 1.94. The van der Waals surface area contributed by atoms with Crippen LogP contribution in [0.3, 0.4) is 0 Å². The Hall–Kier alpha value is -2.32. The smallest absolute Gasteiger partial charge is 0.243 e. The standard InChI is InChI=1S/C12H13N5O2S/c13-8-1-2-11-10(5-8)12(7-14-11)20(18,19)16-6-9-3-4-15-17-9/h1-5,7,14,16H,6,13H2,(H,15,17). The highest BCUT2D eigenvalue weighted by atomic mass is 32.2. The van der Waals surface area contributed by atoms with Gasteiger partial charge in [-0.3, -0.25) is 5.10 Å². The number of nitrogens with one attached hydrogen (secondary N) is 3. The first-order valence-electron chi connectivity index (χ1n) is 5.91. The summed E-state index contributed by atoms with van der Waals surface area (Å²) in [6.07, 6.45) is 3.02. The highest BCUT2D eigenvalue weighted by Gasteiger charge is 2.18. The lowest BCUT2D eigenvalue weighted by Gasteiger charge is -2.04. The molecule has 0 saturated carbocycles. The molecule has 8 heteroatoms. The maximum absolute atomic E-state index is 12.3. The van der Waals surface area contributed by atoms with Gasteiger partial charge in [-0.1, -0.05) is 0 Å². The Morgan fingerprint density at radius 2 is 2.15 bits per heavy atom. The van der Waals surface area contributed by atoms with E-state index in [0.29, 0.717) is 16.8 Å². The van der Waals surface area contributed by atoms with Crippen LogP contribution >= 0.6 is 0 Å². The van der Waals surface area contributed by atoms with Crippen molar-refractivity contribution in [2.75, 3.05) is 5.73 Å². The molecule has 20 heavy (non-hydrogen) atoms. The number of benzene rings is 1. The van der Waals surface area contributed by atoms with Crippen molar-refractivity contribution in [3.63, 3.8) is 0 Å². The molecule has 0 spiro atoms. The van der Waals surface area contributed by atoms with Gasteiger partial charge in [0, 0.05) is 29.0 Å². The summed E-state index contributed by atoms with van der Waals surface area (Å²) in [7, 11) is -3.62. The number of H-pyrrole nitrogens is 2. The zero-order valence-electron chi connectivity index (χ0n) is 10.4. The molecule has 2 heterocycles. The molecule has 0 atom stereocenters. The van der Waals surface area contributed by atoms with Gasteiger partial charge in [0.15, 0.2) is 0 Å². The minimum atomic E-state index is -3.62. The zero-order valence-corrected chi connectivity index (χ0v) is 11.2. The van der Waals surface area contributed by atoms with E-state index in [0.717, 1.165) is 5.52 Å². The van der Waals surface area contributed by atoms with Gasteiger partial charge in [-0.2, -0.15) is 5.10 Å². The highest BCUT2D eigenvalue weighted by Crippen LogP contribution is 2.24. The Morgan fingerprint density at radius 3 is 2.90 bits per heavy atom. The Labute approximate surface area is 115 Å². The molecule has 0 aliphatic rings. The minimum absolute atomic E-state index is 0.150. The molecule has 0 saturated heterocycles. The molecule has 3 rings (SSSR count). The van der Waals surface area contributed by atoms with Crippen LogP contribution in [0.2, 0.25) is 0 Å². The lowest BCUT2D eigenvalue weighted by molar-refractivity contribution is 0.581. The number of hydrogen-bond acceptors (Lipinski definition) is 4. The summed E-state index contributed by atoms with van der Waals surface area (Å²) in [6.45, 7) is 0.150. The van der Waals surface area contributed by atoms with Gasteiger partial charge in [0.05, 0.1) is 12.2 Å². The summed E-state index contributed by atoms with van der Waals surface area (Å²) in [5.74, 6) is 0. The molecular formula is C12H13N5O2S. The number of aromatic amines is 2. The maximum Gasteiger partial charge on any atom is 0.243 e. The second-order valence-electron chi connectivity index (χ2n) is 4.36. The van der Waals surface area contributed by atoms with Gasteiger partial charge in [0.25, 0.3) is 0 Å². The topological polar surface area (TPSA) is 117 Å². The van der Waals surface area contributed by atoms with Crippen LogP contribution in [0.15, 0.2) is 41.6 Å². The zero-order chi connectivity index (χ0) is 14.2. The molecule has 1 aromatic carbocycles. The SMILES string of the molecule is Nc1ccc2[nH]cc(S(=O)(=O)NCc3ccn[nH]3)c2c1. The molecular weight excluding hydrogens is 278 g/mol. The number of nitrogens with zero attached hydrogens (tertiary/aromatic N) is 1. The summed E-state index contributed by atoms with van der Waals surface area (Å²) in [6, 6.07) is 6.80. The Kier molecular flexibility index (Phi) is 2.96. The first kappa shape index (κ1) is 12.7. The van der Waals surface area contributed by atoms with Gasteiger partial charge in [-0.25, -0.2) is 13.1 Å².